The highest BCUT2D eigenvalue weighted by atomic mass is 35.6. The Hall–Kier alpha value is -3.76. The van der Waals surface area contributed by atoms with Gasteiger partial charge in [-0.05, 0) is 38.9 Å². The first kappa shape index (κ1) is 36.6. The van der Waals surface area contributed by atoms with Crippen molar-refractivity contribution in [3.8, 4) is 11.1 Å². The molecular weight excluding hydrogens is 721 g/mol. The zero-order chi connectivity index (χ0) is 35.9. The average molecular weight is 759 g/mol. The summed E-state index contributed by atoms with van der Waals surface area (Å²) in [5.41, 5.74) is 7.03. The van der Waals surface area contributed by atoms with Gasteiger partial charge in [-0.3, -0.25) is 5.41 Å². The normalized spacial score (nSPS) is 21.3. The lowest BCUT2D eigenvalue weighted by atomic mass is 9.97. The molecule has 0 aromatic heterocycles. The Labute approximate surface area is 318 Å². The summed E-state index contributed by atoms with van der Waals surface area (Å²) in [6, 6.07) is 45.9. The van der Waals surface area contributed by atoms with E-state index in [9.17, 15) is 0 Å². The van der Waals surface area contributed by atoms with Crippen LogP contribution in [0.3, 0.4) is 0 Å². The maximum absolute atomic E-state index is 8.59. The second-order valence-electron chi connectivity index (χ2n) is 12.7. The van der Waals surface area contributed by atoms with Crippen LogP contribution in [0.25, 0.3) is 11.1 Å². The fourth-order valence-corrected chi connectivity index (χ4v) is 6.77. The van der Waals surface area contributed by atoms with E-state index in [1.165, 1.54) is 0 Å². The molecule has 0 amide bonds. The molecule has 268 valence electrons. The first-order chi connectivity index (χ1) is 25.3. The summed E-state index contributed by atoms with van der Waals surface area (Å²) in [5, 5.41) is 8.59. The third kappa shape index (κ3) is 8.71. The van der Waals surface area contributed by atoms with Gasteiger partial charge in [-0.2, -0.15) is 0 Å². The predicted octanol–water partition coefficient (Wildman–Crippen LogP) is 9.62. The lowest BCUT2D eigenvalue weighted by Gasteiger charge is -2.46. The number of hydrogen-bond donors (Lipinski definition) is 1. The Kier molecular flexibility index (Phi) is 11.9. The summed E-state index contributed by atoms with van der Waals surface area (Å²) in [7, 11) is 0. The topological polar surface area (TPSA) is 79.2 Å². The number of nitrogens with one attached hydrogen (secondary N) is 1. The lowest BCUT2D eigenvalue weighted by molar-refractivity contribution is -0.316. The van der Waals surface area contributed by atoms with Gasteiger partial charge in [-0.15, -0.1) is 0 Å². The van der Waals surface area contributed by atoms with Crippen molar-refractivity contribution >= 4 is 40.7 Å². The molecule has 1 heterocycles. The van der Waals surface area contributed by atoms with Crippen molar-refractivity contribution in [2.75, 3.05) is 6.61 Å². The zero-order valence-corrected chi connectivity index (χ0v) is 30.4. The van der Waals surface area contributed by atoms with E-state index in [4.69, 9.17) is 68.6 Å². The van der Waals surface area contributed by atoms with Gasteiger partial charge in [-0.25, -0.2) is 0 Å². The van der Waals surface area contributed by atoms with Gasteiger partial charge in [0.05, 0.1) is 26.4 Å². The number of ether oxygens (including phenoxy) is 6. The third-order valence-corrected chi connectivity index (χ3v) is 9.63. The van der Waals surface area contributed by atoms with Crippen molar-refractivity contribution in [3.63, 3.8) is 0 Å². The standard InChI is InChI=1S/C42H38Cl3NO6/c43-42(44,45)41(46)52-40-39(51-36-33-22-12-10-20-31(33)32-21-11-13-23-34(32)36)38(49-26-30-18-8-3-9-19-30)37(48-25-29-16-6-2-7-17-29)35(50-40)27-47-24-28-14-4-1-5-15-28/h1-23,35-40,46H,24-27H2/t35-,37-,38+,39+,40-/m1/s1. The zero-order valence-electron chi connectivity index (χ0n) is 28.2. The van der Waals surface area contributed by atoms with Gasteiger partial charge in [0, 0.05) is 0 Å². The maximum atomic E-state index is 8.59. The van der Waals surface area contributed by atoms with E-state index >= 15 is 0 Å². The minimum absolute atomic E-state index is 0.113. The molecule has 0 radical (unpaired) electrons. The van der Waals surface area contributed by atoms with Crippen LogP contribution in [0.1, 0.15) is 33.9 Å². The Bertz CT molecular complexity index is 1860. The van der Waals surface area contributed by atoms with Crippen molar-refractivity contribution in [1.82, 2.24) is 0 Å². The van der Waals surface area contributed by atoms with Gasteiger partial charge >= 0.3 is 0 Å². The molecule has 0 saturated carbocycles. The van der Waals surface area contributed by atoms with E-state index in [0.29, 0.717) is 6.61 Å². The first-order valence-electron chi connectivity index (χ1n) is 17.1. The molecule has 5 aromatic carbocycles. The van der Waals surface area contributed by atoms with Gasteiger partial charge in [0.15, 0.2) is 0 Å². The number of alkyl halides is 3. The van der Waals surface area contributed by atoms with Crippen LogP contribution >= 0.6 is 34.8 Å². The van der Waals surface area contributed by atoms with Crippen LogP contribution in [0.2, 0.25) is 0 Å². The minimum Gasteiger partial charge on any atom is -0.445 e. The van der Waals surface area contributed by atoms with Crippen LogP contribution in [0.4, 0.5) is 0 Å². The van der Waals surface area contributed by atoms with Crippen LogP contribution < -0.4 is 0 Å². The molecule has 0 bridgehead atoms. The molecule has 0 unspecified atom stereocenters. The Morgan fingerprint density at radius 3 is 1.56 bits per heavy atom. The average Bonchev–Trinajstić information content (AvgIpc) is 3.48. The van der Waals surface area contributed by atoms with Crippen molar-refractivity contribution in [1.29, 1.82) is 5.41 Å². The summed E-state index contributed by atoms with van der Waals surface area (Å²) in [6.45, 7) is 0.961. The Morgan fingerprint density at radius 1 is 0.577 bits per heavy atom. The molecule has 1 fully saturated rings. The summed E-state index contributed by atoms with van der Waals surface area (Å²) < 4.78 is 37.5. The summed E-state index contributed by atoms with van der Waals surface area (Å²) in [4.78, 5) is 0. The van der Waals surface area contributed by atoms with E-state index in [1.807, 2.05) is 127 Å². The molecule has 1 aliphatic heterocycles. The van der Waals surface area contributed by atoms with Crippen molar-refractivity contribution < 1.29 is 28.4 Å². The molecule has 0 spiro atoms. The molecule has 5 atom stereocenters. The van der Waals surface area contributed by atoms with Gasteiger partial charge in [0.25, 0.3) is 3.79 Å². The van der Waals surface area contributed by atoms with Crippen LogP contribution in [0, 0.1) is 5.41 Å². The quantitative estimate of drug-likeness (QED) is 0.0732. The van der Waals surface area contributed by atoms with Crippen molar-refractivity contribution in [2.24, 2.45) is 0 Å². The van der Waals surface area contributed by atoms with E-state index in [1.54, 1.807) is 0 Å². The molecule has 1 N–H and O–H groups in total. The Morgan fingerprint density at radius 2 is 1.04 bits per heavy atom. The van der Waals surface area contributed by atoms with Crippen molar-refractivity contribution in [2.45, 2.75) is 60.4 Å². The van der Waals surface area contributed by atoms with Crippen LogP contribution in [-0.4, -0.2) is 47.0 Å². The Balaban J connectivity index is 1.27. The molecule has 10 heteroatoms. The molecule has 7 rings (SSSR count). The molecule has 1 aliphatic carbocycles. The van der Waals surface area contributed by atoms with Gasteiger partial charge < -0.3 is 28.4 Å². The maximum Gasteiger partial charge on any atom is 0.265 e. The van der Waals surface area contributed by atoms with E-state index in [-0.39, 0.29) is 19.8 Å². The summed E-state index contributed by atoms with van der Waals surface area (Å²) >= 11 is 18.5. The molecular formula is C42H38Cl3NO6. The van der Waals surface area contributed by atoms with Gasteiger partial charge in [0.1, 0.15) is 30.5 Å². The van der Waals surface area contributed by atoms with Crippen LogP contribution in [0.15, 0.2) is 140 Å². The van der Waals surface area contributed by atoms with Gasteiger partial charge in [-0.1, -0.05) is 174 Å². The van der Waals surface area contributed by atoms with Crippen LogP contribution in [0.5, 0.6) is 0 Å². The van der Waals surface area contributed by atoms with Gasteiger partial charge in [0.2, 0.25) is 12.2 Å². The summed E-state index contributed by atoms with van der Waals surface area (Å²) in [5.74, 6) is -0.613. The highest BCUT2D eigenvalue weighted by Crippen LogP contribution is 2.47. The highest BCUT2D eigenvalue weighted by molar-refractivity contribution is 6.76. The summed E-state index contributed by atoms with van der Waals surface area (Å²) in [6.07, 6.45) is -4.96. The highest BCUT2D eigenvalue weighted by Gasteiger charge is 2.52. The number of benzene rings is 5. The largest absolute Gasteiger partial charge is 0.445 e. The van der Waals surface area contributed by atoms with E-state index in [2.05, 4.69) is 12.1 Å². The number of rotatable bonds is 13. The number of halogens is 3. The second kappa shape index (κ2) is 16.9. The number of fused-ring (bicyclic) bond motifs is 3. The fraction of sp³-hybridized carbons (Fsp3) is 0.262. The second-order valence-corrected chi connectivity index (χ2v) is 14.9. The molecule has 1 saturated heterocycles. The fourth-order valence-electron chi connectivity index (χ4n) is 6.64. The SMILES string of the molecule is N=C(O[C@H]1O[C@H](COCc2ccccc2)[C@@H](OCc2ccccc2)[C@H](OCc2ccccc2)[C@@H]1OC1c2ccccc2-c2ccccc21)C(Cl)(Cl)Cl. The molecule has 5 aromatic rings. The van der Waals surface area contributed by atoms with Crippen molar-refractivity contribution in [3.05, 3.63) is 167 Å². The lowest BCUT2D eigenvalue weighted by Crippen LogP contribution is -2.62. The molecule has 2 aliphatic rings. The van der Waals surface area contributed by atoms with E-state index in [0.717, 1.165) is 38.9 Å². The first-order valence-corrected chi connectivity index (χ1v) is 18.2. The third-order valence-electron chi connectivity index (χ3n) is 9.12. The monoisotopic (exact) mass is 757 g/mol. The minimum atomic E-state index is -2.15. The van der Waals surface area contributed by atoms with E-state index < -0.39 is 46.5 Å². The molecule has 7 nitrogen and oxygen atoms in total. The predicted molar refractivity (Wildman–Crippen MR) is 202 cm³/mol. The molecule has 52 heavy (non-hydrogen) atoms. The van der Waals surface area contributed by atoms with Crippen LogP contribution in [-0.2, 0) is 48.2 Å². The smallest absolute Gasteiger partial charge is 0.265 e. The number of hydrogen-bond acceptors (Lipinski definition) is 7.